The van der Waals surface area contributed by atoms with Crippen molar-refractivity contribution in [3.05, 3.63) is 47.7 Å². The van der Waals surface area contributed by atoms with Gasteiger partial charge < -0.3 is 10.4 Å². The summed E-state index contributed by atoms with van der Waals surface area (Å²) in [5.74, 6) is 7.85. The summed E-state index contributed by atoms with van der Waals surface area (Å²) < 4.78 is 8.30. The van der Waals surface area contributed by atoms with E-state index in [4.69, 9.17) is 10.4 Å². The van der Waals surface area contributed by atoms with E-state index in [2.05, 4.69) is 30.4 Å². The van der Waals surface area contributed by atoms with Gasteiger partial charge in [-0.3, -0.25) is 4.98 Å². The smallest absolute Gasteiger partial charge is 0.271 e. The van der Waals surface area contributed by atoms with Crippen LogP contribution in [0.15, 0.2) is 40.1 Å². The van der Waals surface area contributed by atoms with Crippen molar-refractivity contribution in [3.63, 3.8) is 0 Å². The highest BCUT2D eigenvalue weighted by Gasteiger charge is 2.16. The minimum atomic E-state index is 0.409. The molecule has 0 saturated carbocycles. The van der Waals surface area contributed by atoms with Gasteiger partial charge in [0.05, 0.1) is 11.4 Å². The molecule has 11 heteroatoms. The van der Waals surface area contributed by atoms with Crippen LogP contribution in [0.5, 0.6) is 0 Å². The number of nitrogen functional groups attached to an aromatic ring is 1. The fourth-order valence-electron chi connectivity index (χ4n) is 2.38. The number of aryl methyl sites for hydroxylation is 2. The molecule has 0 aliphatic heterocycles. The summed E-state index contributed by atoms with van der Waals surface area (Å²) in [7, 11) is 0. The summed E-state index contributed by atoms with van der Waals surface area (Å²) in [6, 6.07) is 7.46. The van der Waals surface area contributed by atoms with Crippen molar-refractivity contribution in [3.8, 4) is 17.5 Å². The van der Waals surface area contributed by atoms with Crippen molar-refractivity contribution in [1.82, 2.24) is 39.8 Å². The Morgan fingerprint density at radius 2 is 2.12 bits per heavy atom. The second-order valence-corrected chi connectivity index (χ2v) is 6.45. The molecule has 0 unspecified atom stereocenters. The molecule has 0 radical (unpaired) electrons. The van der Waals surface area contributed by atoms with Gasteiger partial charge in [0.25, 0.3) is 5.95 Å². The van der Waals surface area contributed by atoms with Gasteiger partial charge in [-0.25, -0.2) is 9.36 Å². The zero-order valence-electron chi connectivity index (χ0n) is 14.1. The summed E-state index contributed by atoms with van der Waals surface area (Å²) >= 11 is 1.34. The monoisotopic (exact) mass is 369 g/mol. The molecule has 26 heavy (non-hydrogen) atoms. The van der Waals surface area contributed by atoms with Crippen LogP contribution in [0.2, 0.25) is 0 Å². The maximum atomic E-state index is 6.11. The Labute approximate surface area is 152 Å². The van der Waals surface area contributed by atoms with Crippen molar-refractivity contribution < 1.29 is 4.52 Å². The van der Waals surface area contributed by atoms with Gasteiger partial charge in [0, 0.05) is 11.9 Å². The molecular formula is C15H15N9OS. The molecule has 10 nitrogen and oxygen atoms in total. The highest BCUT2D eigenvalue weighted by molar-refractivity contribution is 7.98. The van der Waals surface area contributed by atoms with Crippen molar-refractivity contribution in [2.75, 3.05) is 5.84 Å². The van der Waals surface area contributed by atoms with Crippen LogP contribution in [0.3, 0.4) is 0 Å². The highest BCUT2D eigenvalue weighted by Crippen LogP contribution is 2.22. The third-order valence-electron chi connectivity index (χ3n) is 3.53. The van der Waals surface area contributed by atoms with Crippen LogP contribution >= 0.6 is 11.8 Å². The molecule has 4 heterocycles. The molecule has 0 bridgehead atoms. The standard InChI is InChI=1S/C15H15N9OS/c1-9-7-10(2)24(21-9)14-19-20-15(23(14)16)26-8-12-18-13(22-25-12)11-5-3-4-6-17-11/h3-7H,8,16H2,1-2H3. The maximum absolute atomic E-state index is 6.11. The Bertz CT molecular complexity index is 1040. The Balaban J connectivity index is 1.49. The summed E-state index contributed by atoms with van der Waals surface area (Å²) in [5, 5.41) is 17.0. The zero-order valence-corrected chi connectivity index (χ0v) is 14.9. The van der Waals surface area contributed by atoms with E-state index in [0.29, 0.717) is 34.3 Å². The molecule has 4 rings (SSSR count). The lowest BCUT2D eigenvalue weighted by Gasteiger charge is -2.03. The first-order chi connectivity index (χ1) is 12.6. The molecule has 0 atom stereocenters. The van der Waals surface area contributed by atoms with E-state index in [1.807, 2.05) is 38.1 Å². The van der Waals surface area contributed by atoms with Gasteiger partial charge in [-0.2, -0.15) is 10.1 Å². The summed E-state index contributed by atoms with van der Waals surface area (Å²) in [4.78, 5) is 8.52. The van der Waals surface area contributed by atoms with Gasteiger partial charge in [-0.05, 0) is 32.0 Å². The lowest BCUT2D eigenvalue weighted by atomic mass is 10.3. The van der Waals surface area contributed by atoms with Crippen LogP contribution in [0.25, 0.3) is 17.5 Å². The van der Waals surface area contributed by atoms with Gasteiger partial charge >= 0.3 is 0 Å². The molecule has 4 aromatic heterocycles. The molecule has 0 aliphatic carbocycles. The Hall–Kier alpha value is -3.21. The zero-order chi connectivity index (χ0) is 18.1. The molecule has 2 N–H and O–H groups in total. The van der Waals surface area contributed by atoms with Crippen LogP contribution < -0.4 is 5.84 Å². The number of aromatic nitrogens is 8. The van der Waals surface area contributed by atoms with Crippen molar-refractivity contribution in [1.29, 1.82) is 0 Å². The lowest BCUT2D eigenvalue weighted by Crippen LogP contribution is -2.17. The predicted octanol–water partition coefficient (Wildman–Crippen LogP) is 1.53. The average Bonchev–Trinajstić information content (AvgIpc) is 3.33. The van der Waals surface area contributed by atoms with Crippen LogP contribution in [0.4, 0.5) is 0 Å². The van der Waals surface area contributed by atoms with Gasteiger partial charge in [0.2, 0.25) is 16.9 Å². The number of hydrogen-bond donors (Lipinski definition) is 1. The average molecular weight is 369 g/mol. The first-order valence-electron chi connectivity index (χ1n) is 7.73. The summed E-state index contributed by atoms with van der Waals surface area (Å²) in [6.45, 7) is 3.84. The van der Waals surface area contributed by atoms with Crippen LogP contribution in [0, 0.1) is 13.8 Å². The number of hydrogen-bond acceptors (Lipinski definition) is 9. The second-order valence-electron chi connectivity index (χ2n) is 5.51. The van der Waals surface area contributed by atoms with Crippen LogP contribution in [-0.4, -0.2) is 39.8 Å². The topological polar surface area (TPSA) is 126 Å². The molecule has 132 valence electrons. The first kappa shape index (κ1) is 16.3. The molecular weight excluding hydrogens is 354 g/mol. The van der Waals surface area contributed by atoms with E-state index in [0.717, 1.165) is 11.4 Å². The van der Waals surface area contributed by atoms with Gasteiger partial charge in [-0.15, -0.1) is 10.2 Å². The number of pyridine rings is 1. The Kier molecular flexibility index (Phi) is 4.13. The molecule has 0 saturated heterocycles. The van der Waals surface area contributed by atoms with Gasteiger partial charge in [0.15, 0.2) is 0 Å². The van der Waals surface area contributed by atoms with Crippen LogP contribution in [-0.2, 0) is 5.75 Å². The van der Waals surface area contributed by atoms with E-state index in [9.17, 15) is 0 Å². The fraction of sp³-hybridized carbons (Fsp3) is 0.200. The number of thioether (sulfide) groups is 1. The van der Waals surface area contributed by atoms with E-state index in [1.54, 1.807) is 10.9 Å². The Morgan fingerprint density at radius 1 is 1.23 bits per heavy atom. The van der Waals surface area contributed by atoms with Crippen molar-refractivity contribution >= 4 is 11.8 Å². The molecule has 0 aliphatic rings. The fourth-order valence-corrected chi connectivity index (χ4v) is 3.07. The highest BCUT2D eigenvalue weighted by atomic mass is 32.2. The molecule has 4 aromatic rings. The molecule has 0 spiro atoms. The van der Waals surface area contributed by atoms with E-state index >= 15 is 0 Å². The Morgan fingerprint density at radius 3 is 2.85 bits per heavy atom. The predicted molar refractivity (Wildman–Crippen MR) is 93.9 cm³/mol. The quantitative estimate of drug-likeness (QED) is 0.411. The van der Waals surface area contributed by atoms with Crippen molar-refractivity contribution in [2.24, 2.45) is 0 Å². The number of rotatable bonds is 5. The van der Waals surface area contributed by atoms with E-state index in [1.165, 1.54) is 16.4 Å². The van der Waals surface area contributed by atoms with Crippen molar-refractivity contribution in [2.45, 2.75) is 24.8 Å². The summed E-state index contributed by atoms with van der Waals surface area (Å²) in [5.41, 5.74) is 2.46. The molecule has 0 amide bonds. The molecule has 0 aromatic carbocycles. The molecule has 0 fully saturated rings. The minimum Gasteiger partial charge on any atom is -0.338 e. The largest absolute Gasteiger partial charge is 0.338 e. The second kappa shape index (κ2) is 6.59. The summed E-state index contributed by atoms with van der Waals surface area (Å²) in [6.07, 6.45) is 1.68. The van der Waals surface area contributed by atoms with Gasteiger partial charge in [-0.1, -0.05) is 23.0 Å². The minimum absolute atomic E-state index is 0.409. The SMILES string of the molecule is Cc1cc(C)n(-c2nnc(SCc3nc(-c4ccccn4)no3)n2N)n1. The number of nitrogens with zero attached hydrogens (tertiary/aromatic N) is 8. The maximum Gasteiger partial charge on any atom is 0.271 e. The van der Waals surface area contributed by atoms with E-state index in [-0.39, 0.29) is 0 Å². The lowest BCUT2D eigenvalue weighted by molar-refractivity contribution is 0.391. The van der Waals surface area contributed by atoms with Crippen LogP contribution in [0.1, 0.15) is 17.3 Å². The number of nitrogens with two attached hydrogens (primary N) is 1. The first-order valence-corrected chi connectivity index (χ1v) is 8.71. The normalized spacial score (nSPS) is 11.2. The third kappa shape index (κ3) is 3.04. The third-order valence-corrected chi connectivity index (χ3v) is 4.46. The van der Waals surface area contributed by atoms with Gasteiger partial charge in [0.1, 0.15) is 5.69 Å². The van der Waals surface area contributed by atoms with E-state index < -0.39 is 0 Å².